The van der Waals surface area contributed by atoms with Crippen molar-refractivity contribution in [1.82, 2.24) is 19.0 Å². The lowest BCUT2D eigenvalue weighted by atomic mass is 10.0. The molecule has 7 heteroatoms. The summed E-state index contributed by atoms with van der Waals surface area (Å²) in [5.41, 5.74) is 2.23. The Morgan fingerprint density at radius 3 is 2.50 bits per heavy atom. The zero-order valence-electron chi connectivity index (χ0n) is 16.1. The van der Waals surface area contributed by atoms with Gasteiger partial charge in [0.1, 0.15) is 0 Å². The van der Waals surface area contributed by atoms with Crippen LogP contribution in [-0.4, -0.2) is 32.1 Å². The summed E-state index contributed by atoms with van der Waals surface area (Å²) >= 11 is 6.28. The van der Waals surface area contributed by atoms with Crippen LogP contribution in [0, 0.1) is 6.92 Å². The van der Waals surface area contributed by atoms with Gasteiger partial charge in [-0.15, -0.1) is 0 Å². The van der Waals surface area contributed by atoms with Crippen molar-refractivity contribution >= 4 is 22.8 Å². The highest BCUT2D eigenvalue weighted by Gasteiger charge is 2.25. The third-order valence-corrected chi connectivity index (χ3v) is 5.93. The maximum absolute atomic E-state index is 12.8. The van der Waals surface area contributed by atoms with Crippen LogP contribution in [0.25, 0.3) is 11.2 Å². The third kappa shape index (κ3) is 3.38. The highest BCUT2D eigenvalue weighted by molar-refractivity contribution is 6.31. The molecule has 1 aliphatic rings. The lowest BCUT2D eigenvalue weighted by Gasteiger charge is -2.33. The van der Waals surface area contributed by atoms with Gasteiger partial charge in [-0.25, -0.2) is 4.98 Å². The normalized spacial score (nSPS) is 16.0. The molecule has 0 radical (unpaired) electrons. The summed E-state index contributed by atoms with van der Waals surface area (Å²) in [5, 5.41) is 0.776. The maximum atomic E-state index is 12.8. The summed E-state index contributed by atoms with van der Waals surface area (Å²) < 4.78 is 3.02. The largest absolute Gasteiger partial charge is 0.318 e. The molecule has 1 fully saturated rings. The Balaban J connectivity index is 1.62. The summed E-state index contributed by atoms with van der Waals surface area (Å²) in [6, 6.07) is 11.6. The molecule has 4 rings (SSSR count). The summed E-state index contributed by atoms with van der Waals surface area (Å²) in [6.45, 7) is 4.36. The van der Waals surface area contributed by atoms with Crippen LogP contribution in [0.4, 0.5) is 0 Å². The van der Waals surface area contributed by atoms with Gasteiger partial charge in [0, 0.05) is 43.4 Å². The number of aromatic nitrogens is 3. The van der Waals surface area contributed by atoms with E-state index in [2.05, 4.69) is 9.88 Å². The minimum absolute atomic E-state index is 0.0271. The second-order valence-corrected chi connectivity index (χ2v) is 7.84. The Bertz CT molecular complexity index is 1140. The lowest BCUT2D eigenvalue weighted by Crippen LogP contribution is -2.45. The van der Waals surface area contributed by atoms with Gasteiger partial charge in [0.05, 0.1) is 5.52 Å². The quantitative estimate of drug-likeness (QED) is 0.636. The molecule has 1 aromatic carbocycles. The summed E-state index contributed by atoms with van der Waals surface area (Å²) in [5.74, 6) is 0. The Morgan fingerprint density at radius 1 is 1.07 bits per heavy atom. The number of hydrogen-bond donors (Lipinski definition) is 0. The number of benzene rings is 1. The van der Waals surface area contributed by atoms with Gasteiger partial charge in [-0.3, -0.25) is 19.1 Å². The SMILES string of the molecule is Cc1ccc2c(n1)n(C1CCN(Cc3ccccc3Cl)CC1)c(=O)c(=O)n2C. The van der Waals surface area contributed by atoms with Crippen LogP contribution in [0.15, 0.2) is 46.0 Å². The number of aryl methyl sites for hydroxylation is 2. The second kappa shape index (κ2) is 7.53. The number of nitrogens with zero attached hydrogens (tertiary/aromatic N) is 4. The van der Waals surface area contributed by atoms with Crippen molar-refractivity contribution < 1.29 is 0 Å². The molecule has 0 aliphatic carbocycles. The first-order valence-corrected chi connectivity index (χ1v) is 9.88. The van der Waals surface area contributed by atoms with E-state index in [0.29, 0.717) is 11.2 Å². The van der Waals surface area contributed by atoms with E-state index in [1.54, 1.807) is 11.6 Å². The molecule has 2 aromatic heterocycles. The predicted octanol–water partition coefficient (Wildman–Crippen LogP) is 2.89. The fourth-order valence-corrected chi connectivity index (χ4v) is 4.16. The molecule has 1 saturated heterocycles. The van der Waals surface area contributed by atoms with Crippen LogP contribution in [-0.2, 0) is 13.6 Å². The van der Waals surface area contributed by atoms with Crippen molar-refractivity contribution in [3.63, 3.8) is 0 Å². The van der Waals surface area contributed by atoms with Gasteiger partial charge in [-0.05, 0) is 43.5 Å². The van der Waals surface area contributed by atoms with Gasteiger partial charge in [0.25, 0.3) is 0 Å². The van der Waals surface area contributed by atoms with Gasteiger partial charge in [-0.2, -0.15) is 0 Å². The zero-order valence-corrected chi connectivity index (χ0v) is 16.8. The standard InChI is InChI=1S/C21H23ClN4O2/c1-14-7-8-18-19(23-14)26(21(28)20(27)24(18)2)16-9-11-25(12-10-16)13-15-5-3-4-6-17(15)22/h3-8,16H,9-13H2,1-2H3. The molecule has 3 aromatic rings. The van der Waals surface area contributed by atoms with E-state index in [1.807, 2.05) is 43.3 Å². The average Bonchev–Trinajstić information content (AvgIpc) is 2.69. The van der Waals surface area contributed by atoms with Gasteiger partial charge in [-0.1, -0.05) is 29.8 Å². The van der Waals surface area contributed by atoms with Gasteiger partial charge in [0.15, 0.2) is 5.65 Å². The molecule has 28 heavy (non-hydrogen) atoms. The average molecular weight is 399 g/mol. The molecule has 0 N–H and O–H groups in total. The molecule has 0 atom stereocenters. The highest BCUT2D eigenvalue weighted by atomic mass is 35.5. The first-order chi connectivity index (χ1) is 13.5. The van der Waals surface area contributed by atoms with E-state index in [1.165, 1.54) is 4.57 Å². The van der Waals surface area contributed by atoms with Crippen molar-refractivity contribution in [3.8, 4) is 0 Å². The van der Waals surface area contributed by atoms with Crippen LogP contribution in [0.1, 0.15) is 30.1 Å². The minimum Gasteiger partial charge on any atom is -0.304 e. The number of fused-ring (bicyclic) bond motifs is 1. The van der Waals surface area contributed by atoms with Crippen LogP contribution >= 0.6 is 11.6 Å². The second-order valence-electron chi connectivity index (χ2n) is 7.43. The molecular weight excluding hydrogens is 376 g/mol. The number of piperidine rings is 1. The number of pyridine rings is 1. The van der Waals surface area contributed by atoms with Gasteiger partial charge in [0.2, 0.25) is 0 Å². The molecule has 6 nitrogen and oxygen atoms in total. The molecule has 0 unspecified atom stereocenters. The topological polar surface area (TPSA) is 60.1 Å². The summed E-state index contributed by atoms with van der Waals surface area (Å²) in [7, 11) is 1.62. The van der Waals surface area contributed by atoms with E-state index in [-0.39, 0.29) is 6.04 Å². The fourth-order valence-electron chi connectivity index (χ4n) is 3.97. The van der Waals surface area contributed by atoms with Crippen molar-refractivity contribution in [2.75, 3.05) is 13.1 Å². The Morgan fingerprint density at radius 2 is 1.79 bits per heavy atom. The predicted molar refractivity (Wildman–Crippen MR) is 111 cm³/mol. The van der Waals surface area contributed by atoms with Crippen LogP contribution < -0.4 is 11.1 Å². The van der Waals surface area contributed by atoms with Crippen LogP contribution in [0.2, 0.25) is 5.02 Å². The number of halogens is 1. The lowest BCUT2D eigenvalue weighted by molar-refractivity contribution is 0.179. The molecule has 146 valence electrons. The van der Waals surface area contributed by atoms with E-state index in [9.17, 15) is 9.59 Å². The number of rotatable bonds is 3. The van der Waals surface area contributed by atoms with Gasteiger partial charge >= 0.3 is 11.1 Å². The molecular formula is C21H23ClN4O2. The van der Waals surface area contributed by atoms with E-state index in [0.717, 1.165) is 48.8 Å². The number of likely N-dealkylation sites (tertiary alicyclic amines) is 1. The zero-order chi connectivity index (χ0) is 19.8. The molecule has 0 amide bonds. The fraction of sp³-hybridized carbons (Fsp3) is 0.381. The van der Waals surface area contributed by atoms with Gasteiger partial charge < -0.3 is 4.57 Å². The first-order valence-electron chi connectivity index (χ1n) is 9.50. The number of hydrogen-bond acceptors (Lipinski definition) is 4. The molecule has 0 saturated carbocycles. The van der Waals surface area contributed by atoms with Crippen molar-refractivity contribution in [2.45, 2.75) is 32.4 Å². The Kier molecular flexibility index (Phi) is 5.08. The van der Waals surface area contributed by atoms with Crippen molar-refractivity contribution in [1.29, 1.82) is 0 Å². The molecule has 0 bridgehead atoms. The first kappa shape index (κ1) is 18.9. The summed E-state index contributed by atoms with van der Waals surface area (Å²) in [6.07, 6.45) is 1.59. The maximum Gasteiger partial charge on any atom is 0.318 e. The van der Waals surface area contributed by atoms with Crippen LogP contribution in [0.5, 0.6) is 0 Å². The molecule has 1 aliphatic heterocycles. The minimum atomic E-state index is -0.503. The van der Waals surface area contributed by atoms with Crippen molar-refractivity contribution in [3.05, 3.63) is 73.4 Å². The van der Waals surface area contributed by atoms with E-state index >= 15 is 0 Å². The third-order valence-electron chi connectivity index (χ3n) is 5.56. The summed E-state index contributed by atoms with van der Waals surface area (Å²) in [4.78, 5) is 32.2. The molecule has 0 spiro atoms. The highest BCUT2D eigenvalue weighted by Crippen LogP contribution is 2.26. The van der Waals surface area contributed by atoms with Crippen LogP contribution in [0.3, 0.4) is 0 Å². The molecule has 3 heterocycles. The smallest absolute Gasteiger partial charge is 0.304 e. The monoisotopic (exact) mass is 398 g/mol. The Hall–Kier alpha value is -2.44. The Labute approximate surface area is 168 Å². The van der Waals surface area contributed by atoms with Crippen molar-refractivity contribution in [2.24, 2.45) is 7.05 Å². The van der Waals surface area contributed by atoms with E-state index < -0.39 is 11.1 Å². The van der Waals surface area contributed by atoms with E-state index in [4.69, 9.17) is 11.6 Å².